The van der Waals surface area contributed by atoms with E-state index in [2.05, 4.69) is 119 Å². The van der Waals surface area contributed by atoms with Gasteiger partial charge in [0.2, 0.25) is 94.5 Å². The van der Waals surface area contributed by atoms with Gasteiger partial charge >= 0.3 is 5.97 Å². The van der Waals surface area contributed by atoms with Crippen molar-refractivity contribution in [3.63, 3.8) is 0 Å². The summed E-state index contributed by atoms with van der Waals surface area (Å²) in [5, 5.41) is 96.0. The topological polar surface area (TPSA) is 751 Å². The van der Waals surface area contributed by atoms with Gasteiger partial charge in [-0.3, -0.25) is 81.5 Å². The Hall–Kier alpha value is -13.8. The van der Waals surface area contributed by atoms with E-state index in [9.17, 15) is 112 Å². The first kappa shape index (κ1) is 120. The Bertz CT molecular complexity index is 4890. The second-order valence-corrected chi connectivity index (χ2v) is 35.5. The second-order valence-electron chi connectivity index (χ2n) is 35.5. The molecule has 0 fully saturated rings. The minimum Gasteiger partial charge on any atom is -0.480 e. The Morgan fingerprint density at radius 3 is 0.720 bits per heavy atom. The zero-order valence-corrected chi connectivity index (χ0v) is 82.0. The minimum absolute atomic E-state index is 0.0556. The fourth-order valence-electron chi connectivity index (χ4n) is 14.9. The van der Waals surface area contributed by atoms with Crippen LogP contribution >= 0.6 is 0 Å². The van der Waals surface area contributed by atoms with Gasteiger partial charge in [0.05, 0.1) is 59.2 Å². The predicted octanol–water partition coefficient (Wildman–Crippen LogP) is -9.51. The van der Waals surface area contributed by atoms with Crippen LogP contribution in [-0.4, -0.2) is 294 Å². The number of quaternary nitrogens is 5. The van der Waals surface area contributed by atoms with Crippen LogP contribution in [0.3, 0.4) is 0 Å². The number of unbranched alkanes of at least 4 members (excludes halogenated alkanes) is 4. The molecule has 0 saturated heterocycles. The van der Waals surface area contributed by atoms with E-state index in [0.29, 0.717) is 92.5 Å². The molecule has 0 aliphatic carbocycles. The Balaban J connectivity index is 1.32. The summed E-state index contributed by atoms with van der Waals surface area (Å²) in [7, 11) is 0. The van der Waals surface area contributed by atoms with E-state index >= 15 is 0 Å². The summed E-state index contributed by atoms with van der Waals surface area (Å²) in [6, 6.07) is 16.9. The van der Waals surface area contributed by atoms with Crippen LogP contribution in [0.5, 0.6) is 0 Å². The number of aliphatic carboxylic acids is 1. The van der Waals surface area contributed by atoms with Gasteiger partial charge in [0, 0.05) is 32.1 Å². The van der Waals surface area contributed by atoms with Gasteiger partial charge in [0.15, 0.2) is 6.04 Å². The number of hydrogen-bond donors (Lipinski definition) is 27. The van der Waals surface area contributed by atoms with E-state index in [1.54, 1.807) is 166 Å². The molecule has 5 aromatic rings. The highest BCUT2D eigenvalue weighted by atomic mass is 16.4. The van der Waals surface area contributed by atoms with E-state index in [0.717, 1.165) is 0 Å². The van der Waals surface area contributed by atoms with E-state index in [-0.39, 0.29) is 83.0 Å². The van der Waals surface area contributed by atoms with Crippen molar-refractivity contribution >= 4 is 106 Å². The molecule has 37 N–H and O–H groups in total. The average Bonchev–Trinajstić information content (AvgIpc) is 0.850. The van der Waals surface area contributed by atoms with E-state index in [1.165, 1.54) is 20.8 Å². The number of carboxylic acid groups (broad SMARTS) is 1. The number of aliphatic hydroxyl groups is 4. The molecule has 0 heterocycles. The highest BCUT2D eigenvalue weighted by Crippen LogP contribution is 2.17. The van der Waals surface area contributed by atoms with Crippen molar-refractivity contribution in [3.8, 4) is 0 Å². The van der Waals surface area contributed by atoms with Crippen LogP contribution in [-0.2, 0) is 118 Å². The molecule has 45 heteroatoms. The number of amides is 17. The van der Waals surface area contributed by atoms with Gasteiger partial charge < -0.3 is 145 Å². The first-order valence-electron chi connectivity index (χ1n) is 48.4. The number of aliphatic hydroxyl groups excluding tert-OH is 4. The average molecular weight is 2000 g/mol. The number of nitrogens with one attached hydrogen (secondary N) is 17. The first-order chi connectivity index (χ1) is 68.4. The molecule has 0 aromatic heterocycles. The van der Waals surface area contributed by atoms with Gasteiger partial charge in [-0.15, -0.1) is 0 Å². The lowest BCUT2D eigenvalue weighted by molar-refractivity contribution is -0.398. The van der Waals surface area contributed by atoms with Crippen molar-refractivity contribution < 1.29 is 141 Å². The van der Waals surface area contributed by atoms with Gasteiger partial charge in [-0.25, -0.2) is 4.79 Å². The van der Waals surface area contributed by atoms with Crippen molar-refractivity contribution in [2.24, 2.45) is 5.92 Å². The van der Waals surface area contributed by atoms with Crippen molar-refractivity contribution in [1.29, 1.82) is 0 Å². The summed E-state index contributed by atoms with van der Waals surface area (Å²) >= 11 is 0. The monoisotopic (exact) mass is 2000 g/mol. The van der Waals surface area contributed by atoms with E-state index < -0.39 is 242 Å². The van der Waals surface area contributed by atoms with Crippen LogP contribution in [0.2, 0.25) is 0 Å². The molecule has 5 rings (SSSR count). The second kappa shape index (κ2) is 65.3. The molecule has 0 saturated carbocycles. The minimum atomic E-state index is -1.84. The maximum atomic E-state index is 14.9. The smallest absolute Gasteiger partial charge is 0.326 e. The first-order valence-corrected chi connectivity index (χ1v) is 48.4. The Labute approximate surface area is 830 Å². The normalized spacial score (nSPS) is 14.7. The summed E-state index contributed by atoms with van der Waals surface area (Å²) in [5.74, 6) is -17.6. The largest absolute Gasteiger partial charge is 0.480 e. The fourth-order valence-corrected chi connectivity index (χ4v) is 14.9. The van der Waals surface area contributed by atoms with E-state index in [4.69, 9.17) is 0 Å². The summed E-state index contributed by atoms with van der Waals surface area (Å²) in [6.07, 6.45) is 1.97. The standard InChI is InChI=1S/C98H144N22O23/c1-58(2)47-71(89(133)117-77(54-121)85(129)104-53-81(125)107-72(48-62-29-11-6-12-30-62)90(134)119-79(56-123)96(140)116-76(52-66-37-19-10-20-38-66)93(137)111-70(98(142)143)42-24-28-46-102)113-87(131)68(40-22-26-44-100)110-92(136)75(51-65-35-17-9-18-36-65)114-95(139)78(55-122)118-88(132)69(41-23-27-45-101)108-86(130)67(39-21-25-43-99)109-91(135)74(50-64-33-15-8-16-34-64)115-97(141)80(57-124)120-94(138)73(49-63-31-13-7-14-32-63)112-84(128)61(5)106-83(127)60(4)105-82(126)59(3)103/h6-20,29-38,58-61,67-80,121-124H,21-28,39-57,99-103H2,1-5H3,(H,104,129)(H,105,126)(H,106,127)(H,107,125)(H,108,130)(H,109,135)(H,110,136)(H,111,137)(H,112,128)(H,113,131)(H,114,139)(H,115,141)(H,116,140)(H,117,133)(H,118,132)(H,119,134)(H,120,138)(H,142,143)/p+5/t59-,60-,61-,67-,68-,69-,70-,71-,72-,73-,74-,75-,76-,77-,78-,79-,80-/m0/s1. The molecule has 0 aliphatic heterocycles. The number of hydrogen-bond acceptors (Lipinski definition) is 22. The number of rotatable bonds is 67. The van der Waals surface area contributed by atoms with Gasteiger partial charge in [0.25, 0.3) is 5.91 Å². The Kier molecular flexibility index (Phi) is 54.7. The lowest BCUT2D eigenvalue weighted by atomic mass is 10.0. The SMILES string of the molecule is CC(C)C[C@H](NC(=O)[C@H](CCCC[NH3+])NC(=O)[C@H](Cc1ccccc1)NC(=O)[C@H](CO)NC(=O)[C@H](CCCC[NH3+])NC(=O)[C@H](CCCC[NH3+])NC(=O)[C@H](Cc1ccccc1)NC(=O)[C@H](CO)NC(=O)[C@H](Cc1ccccc1)NC(=O)[C@H](C)NC(=O)[C@H](C)NC(=O)[C@H](C)[NH3+])C(=O)N[C@@H](CO)C(=O)NCC(=O)N[C@@H](Cc1ccccc1)C(=O)N[C@@H](CO)C(=O)N[C@@H](Cc1ccccc1)C(=O)N[C@@H](CCCC[NH3+])C(=O)O. The van der Waals surface area contributed by atoms with Gasteiger partial charge in [0.1, 0.15) is 96.7 Å². The van der Waals surface area contributed by atoms with Crippen molar-refractivity contribution in [1.82, 2.24) is 90.4 Å². The highest BCUT2D eigenvalue weighted by Gasteiger charge is 2.40. The lowest BCUT2D eigenvalue weighted by Gasteiger charge is -2.28. The van der Waals surface area contributed by atoms with Gasteiger partial charge in [-0.1, -0.05) is 166 Å². The zero-order valence-electron chi connectivity index (χ0n) is 82.0. The maximum absolute atomic E-state index is 14.9. The Morgan fingerprint density at radius 1 is 0.245 bits per heavy atom. The third-order valence-electron chi connectivity index (χ3n) is 23.1. The molecular formula is C98H149N22O23+5. The molecule has 17 atom stereocenters. The molecule has 45 nitrogen and oxygen atoms in total. The number of carbonyl (C=O) groups excluding carboxylic acids is 17. The summed E-state index contributed by atoms with van der Waals surface area (Å²) in [6.45, 7) is 4.36. The number of carboxylic acids is 1. The number of carbonyl (C=O) groups is 18. The van der Waals surface area contributed by atoms with Crippen LogP contribution in [0.1, 0.15) is 146 Å². The molecule has 0 unspecified atom stereocenters. The molecule has 0 bridgehead atoms. The lowest BCUT2D eigenvalue weighted by Crippen LogP contribution is -2.67. The molecule has 143 heavy (non-hydrogen) atoms. The molecular weight excluding hydrogens is 1850 g/mol. The molecule has 0 aliphatic rings. The molecule has 0 spiro atoms. The number of benzene rings is 5. The van der Waals surface area contributed by atoms with Crippen molar-refractivity contribution in [3.05, 3.63) is 179 Å². The van der Waals surface area contributed by atoms with Crippen molar-refractivity contribution in [2.45, 2.75) is 253 Å². The van der Waals surface area contributed by atoms with Gasteiger partial charge in [-0.2, -0.15) is 0 Å². The van der Waals surface area contributed by atoms with Gasteiger partial charge in [-0.05, 0) is 138 Å². The summed E-state index contributed by atoms with van der Waals surface area (Å²) < 4.78 is 0. The van der Waals surface area contributed by atoms with Crippen molar-refractivity contribution in [2.75, 3.05) is 59.2 Å². The Morgan fingerprint density at radius 2 is 0.455 bits per heavy atom. The van der Waals surface area contributed by atoms with E-state index in [1.807, 2.05) is 0 Å². The summed E-state index contributed by atoms with van der Waals surface area (Å²) in [4.78, 5) is 253. The fraction of sp³-hybridized carbons (Fsp3) is 0.510. The zero-order chi connectivity index (χ0) is 105. The summed E-state index contributed by atoms with van der Waals surface area (Å²) in [5.41, 5.74) is 21.7. The van der Waals surface area contributed by atoms with Crippen LogP contribution in [0.4, 0.5) is 0 Å². The molecule has 0 radical (unpaired) electrons. The third kappa shape index (κ3) is 44.1. The molecule has 5 aromatic carbocycles. The quantitative estimate of drug-likeness (QED) is 0.0161. The maximum Gasteiger partial charge on any atom is 0.326 e. The predicted molar refractivity (Wildman–Crippen MR) is 520 cm³/mol. The highest BCUT2D eigenvalue weighted by molar-refractivity contribution is 6.01. The van der Waals surface area contributed by atoms with Crippen LogP contribution in [0.15, 0.2) is 152 Å². The van der Waals surface area contributed by atoms with Crippen LogP contribution in [0.25, 0.3) is 0 Å². The van der Waals surface area contributed by atoms with Crippen LogP contribution < -0.4 is 119 Å². The molecule has 17 amide bonds. The molecule has 784 valence electrons. The third-order valence-corrected chi connectivity index (χ3v) is 23.1. The van der Waals surface area contributed by atoms with Crippen LogP contribution in [0, 0.1) is 5.92 Å².